The second-order valence-electron chi connectivity index (χ2n) is 5.05. The Kier molecular flexibility index (Phi) is 6.89. The van der Waals surface area contributed by atoms with Crippen LogP contribution in [0, 0.1) is 6.92 Å². The summed E-state index contributed by atoms with van der Waals surface area (Å²) in [4.78, 5) is 2.35. The molecule has 1 aromatic rings. The molecule has 0 aliphatic heterocycles. The van der Waals surface area contributed by atoms with Gasteiger partial charge in [0.1, 0.15) is 0 Å². The van der Waals surface area contributed by atoms with E-state index >= 15 is 0 Å². The minimum Gasteiger partial charge on any atom is -0.395 e. The number of aryl methyl sites for hydroxylation is 1. The molecular formula is C16H28N2O. The van der Waals surface area contributed by atoms with Gasteiger partial charge in [-0.25, -0.2) is 0 Å². The van der Waals surface area contributed by atoms with E-state index in [1.807, 2.05) is 7.05 Å². The van der Waals surface area contributed by atoms with Gasteiger partial charge in [-0.1, -0.05) is 31.5 Å². The number of aliphatic hydroxyl groups excluding tert-OH is 1. The van der Waals surface area contributed by atoms with Gasteiger partial charge >= 0.3 is 0 Å². The summed E-state index contributed by atoms with van der Waals surface area (Å²) in [6, 6.07) is 7.07. The summed E-state index contributed by atoms with van der Waals surface area (Å²) in [6.07, 6.45) is 2.20. The van der Waals surface area contributed by atoms with E-state index in [0.717, 1.165) is 19.4 Å². The number of benzene rings is 1. The summed E-state index contributed by atoms with van der Waals surface area (Å²) in [6.45, 7) is 8.31. The van der Waals surface area contributed by atoms with Crippen LogP contribution in [0.1, 0.15) is 37.8 Å². The summed E-state index contributed by atoms with van der Waals surface area (Å²) in [7, 11) is 1.97. The fourth-order valence-electron chi connectivity index (χ4n) is 2.66. The summed E-state index contributed by atoms with van der Waals surface area (Å²) in [5.74, 6) is 0. The van der Waals surface area contributed by atoms with Gasteiger partial charge in [-0.3, -0.25) is 0 Å². The van der Waals surface area contributed by atoms with Crippen LogP contribution in [0.15, 0.2) is 18.2 Å². The van der Waals surface area contributed by atoms with Crippen molar-refractivity contribution in [1.82, 2.24) is 5.32 Å². The number of nitrogens with zero attached hydrogens (tertiary/aromatic N) is 1. The summed E-state index contributed by atoms with van der Waals surface area (Å²) >= 11 is 0. The highest BCUT2D eigenvalue weighted by molar-refractivity contribution is 5.56. The first-order valence-electron chi connectivity index (χ1n) is 7.29. The Balaban J connectivity index is 3.13. The molecule has 0 spiro atoms. The number of anilines is 1. The van der Waals surface area contributed by atoms with E-state index < -0.39 is 0 Å². The Bertz CT molecular complexity index is 375. The molecule has 3 nitrogen and oxygen atoms in total. The predicted molar refractivity (Wildman–Crippen MR) is 82.7 cm³/mol. The van der Waals surface area contributed by atoms with Gasteiger partial charge in [0.15, 0.2) is 0 Å². The molecular weight excluding hydrogens is 236 g/mol. The largest absolute Gasteiger partial charge is 0.395 e. The quantitative estimate of drug-likeness (QED) is 0.758. The maximum absolute atomic E-state index is 9.36. The molecule has 19 heavy (non-hydrogen) atoms. The van der Waals surface area contributed by atoms with Crippen molar-refractivity contribution in [3.05, 3.63) is 29.3 Å². The van der Waals surface area contributed by atoms with Crippen molar-refractivity contribution < 1.29 is 5.11 Å². The fraction of sp³-hybridized carbons (Fsp3) is 0.625. The first kappa shape index (κ1) is 16.0. The van der Waals surface area contributed by atoms with Crippen LogP contribution in [-0.2, 0) is 6.54 Å². The zero-order chi connectivity index (χ0) is 14.3. The Morgan fingerprint density at radius 2 is 1.95 bits per heavy atom. The van der Waals surface area contributed by atoms with Gasteiger partial charge in [0.2, 0.25) is 0 Å². The molecule has 0 heterocycles. The molecule has 0 bridgehead atoms. The minimum atomic E-state index is 0.198. The van der Waals surface area contributed by atoms with E-state index in [4.69, 9.17) is 0 Å². The van der Waals surface area contributed by atoms with E-state index in [-0.39, 0.29) is 6.61 Å². The molecule has 2 N–H and O–H groups in total. The van der Waals surface area contributed by atoms with Crippen molar-refractivity contribution in [1.29, 1.82) is 0 Å². The van der Waals surface area contributed by atoms with E-state index in [0.29, 0.717) is 12.6 Å². The maximum atomic E-state index is 9.36. The van der Waals surface area contributed by atoms with E-state index in [9.17, 15) is 5.11 Å². The van der Waals surface area contributed by atoms with Crippen LogP contribution >= 0.6 is 0 Å². The van der Waals surface area contributed by atoms with Crippen LogP contribution in [0.3, 0.4) is 0 Å². The molecule has 0 radical (unpaired) electrons. The molecule has 0 aromatic heterocycles. The summed E-state index contributed by atoms with van der Waals surface area (Å²) in [5.41, 5.74) is 3.84. The van der Waals surface area contributed by atoms with Gasteiger partial charge in [-0.15, -0.1) is 0 Å². The minimum absolute atomic E-state index is 0.198. The second-order valence-corrected chi connectivity index (χ2v) is 5.05. The number of hydrogen-bond acceptors (Lipinski definition) is 3. The normalized spacial score (nSPS) is 11.1. The lowest BCUT2D eigenvalue weighted by Gasteiger charge is -2.34. The van der Waals surface area contributed by atoms with E-state index in [2.05, 4.69) is 49.2 Å². The van der Waals surface area contributed by atoms with Crippen molar-refractivity contribution >= 4 is 5.69 Å². The van der Waals surface area contributed by atoms with Crippen LogP contribution in [0.2, 0.25) is 0 Å². The SMILES string of the molecule is CCC(CC)N(CCO)c1ccc(C)cc1CNC. The van der Waals surface area contributed by atoms with Crippen LogP contribution < -0.4 is 10.2 Å². The zero-order valence-electron chi connectivity index (χ0n) is 12.7. The Morgan fingerprint density at radius 3 is 2.47 bits per heavy atom. The molecule has 0 atom stereocenters. The van der Waals surface area contributed by atoms with Crippen LogP contribution in [0.4, 0.5) is 5.69 Å². The number of hydrogen-bond donors (Lipinski definition) is 2. The van der Waals surface area contributed by atoms with Crippen molar-refractivity contribution in [3.63, 3.8) is 0 Å². The Labute approximate surface area is 117 Å². The van der Waals surface area contributed by atoms with E-state index in [1.165, 1.54) is 16.8 Å². The lowest BCUT2D eigenvalue weighted by Crippen LogP contribution is -2.37. The van der Waals surface area contributed by atoms with Crippen molar-refractivity contribution in [3.8, 4) is 0 Å². The lowest BCUT2D eigenvalue weighted by molar-refractivity contribution is 0.296. The van der Waals surface area contributed by atoms with Gasteiger partial charge in [0, 0.05) is 24.8 Å². The second kappa shape index (κ2) is 8.18. The average Bonchev–Trinajstić information content (AvgIpc) is 2.40. The Hall–Kier alpha value is -1.06. The van der Waals surface area contributed by atoms with Crippen molar-refractivity contribution in [2.75, 3.05) is 25.1 Å². The molecule has 0 aliphatic carbocycles. The summed E-state index contributed by atoms with van der Waals surface area (Å²) in [5, 5.41) is 12.6. The standard InChI is InChI=1S/C16H28N2O/c1-5-15(6-2)18(9-10-19)16-8-7-13(3)11-14(16)12-17-4/h7-8,11,15,17,19H,5-6,9-10,12H2,1-4H3. The fourth-order valence-corrected chi connectivity index (χ4v) is 2.66. The molecule has 1 rings (SSSR count). The smallest absolute Gasteiger partial charge is 0.0606 e. The highest BCUT2D eigenvalue weighted by Gasteiger charge is 2.17. The highest BCUT2D eigenvalue weighted by atomic mass is 16.3. The first-order chi connectivity index (χ1) is 9.17. The van der Waals surface area contributed by atoms with Gasteiger partial charge in [0.25, 0.3) is 0 Å². The third-order valence-corrected chi connectivity index (χ3v) is 3.64. The zero-order valence-corrected chi connectivity index (χ0v) is 12.7. The van der Waals surface area contributed by atoms with Gasteiger partial charge < -0.3 is 15.3 Å². The molecule has 1 aromatic carbocycles. The van der Waals surface area contributed by atoms with Crippen molar-refractivity contribution in [2.45, 2.75) is 46.2 Å². The van der Waals surface area contributed by atoms with Crippen LogP contribution in [0.5, 0.6) is 0 Å². The summed E-state index contributed by atoms with van der Waals surface area (Å²) < 4.78 is 0. The number of aliphatic hydroxyl groups is 1. The van der Waals surface area contributed by atoms with Gasteiger partial charge in [0.05, 0.1) is 6.61 Å². The molecule has 0 unspecified atom stereocenters. The van der Waals surface area contributed by atoms with Crippen LogP contribution in [0.25, 0.3) is 0 Å². The van der Waals surface area contributed by atoms with Gasteiger partial charge in [-0.05, 0) is 38.4 Å². The third-order valence-electron chi connectivity index (χ3n) is 3.64. The number of nitrogens with one attached hydrogen (secondary N) is 1. The molecule has 0 amide bonds. The van der Waals surface area contributed by atoms with E-state index in [1.54, 1.807) is 0 Å². The van der Waals surface area contributed by atoms with Crippen molar-refractivity contribution in [2.24, 2.45) is 0 Å². The first-order valence-corrected chi connectivity index (χ1v) is 7.29. The molecule has 0 fully saturated rings. The molecule has 0 saturated carbocycles. The number of rotatable bonds is 8. The molecule has 0 saturated heterocycles. The third kappa shape index (κ3) is 4.22. The lowest BCUT2D eigenvalue weighted by atomic mass is 10.0. The predicted octanol–water partition coefficient (Wildman–Crippen LogP) is 2.70. The molecule has 0 aliphatic rings. The molecule has 3 heteroatoms. The van der Waals surface area contributed by atoms with Crippen LogP contribution in [-0.4, -0.2) is 31.3 Å². The maximum Gasteiger partial charge on any atom is 0.0606 e. The highest BCUT2D eigenvalue weighted by Crippen LogP contribution is 2.26. The van der Waals surface area contributed by atoms with Gasteiger partial charge in [-0.2, -0.15) is 0 Å². The Morgan fingerprint density at radius 1 is 1.26 bits per heavy atom. The average molecular weight is 264 g/mol. The topological polar surface area (TPSA) is 35.5 Å². The molecule has 108 valence electrons. The monoisotopic (exact) mass is 264 g/mol.